The van der Waals surface area contributed by atoms with Gasteiger partial charge in [0.1, 0.15) is 36.6 Å². The molecule has 332 valence electrons. The van der Waals surface area contributed by atoms with Gasteiger partial charge in [0.15, 0.2) is 0 Å². The van der Waals surface area contributed by atoms with E-state index in [1.165, 1.54) is 115 Å². The van der Waals surface area contributed by atoms with Crippen molar-refractivity contribution in [1.82, 2.24) is 5.32 Å². The summed E-state index contributed by atoms with van der Waals surface area (Å²) in [4.78, 5) is 23.3. The van der Waals surface area contributed by atoms with E-state index in [0.717, 1.165) is 44.9 Å². The number of aliphatic hydroxyl groups excluding tert-OH is 7. The largest absolute Gasteiger partial charge is 0.472 e. The zero-order valence-electron chi connectivity index (χ0n) is 34.8. The van der Waals surface area contributed by atoms with Gasteiger partial charge in [-0.05, 0) is 19.3 Å². The van der Waals surface area contributed by atoms with Gasteiger partial charge in [-0.1, -0.05) is 174 Å². The first-order chi connectivity index (χ1) is 26.8. The Morgan fingerprint density at radius 3 is 1.46 bits per heavy atom. The van der Waals surface area contributed by atoms with Crippen LogP contribution in [0.2, 0.25) is 0 Å². The Balaban J connectivity index is 2.55. The molecule has 1 amide bonds. The van der Waals surface area contributed by atoms with Crippen molar-refractivity contribution in [3.63, 3.8) is 0 Å². The van der Waals surface area contributed by atoms with E-state index in [0.29, 0.717) is 12.8 Å². The van der Waals surface area contributed by atoms with Crippen molar-refractivity contribution < 1.29 is 59.0 Å². The van der Waals surface area contributed by atoms with Gasteiger partial charge in [0.05, 0.1) is 31.3 Å². The lowest BCUT2D eigenvalue weighted by atomic mass is 9.85. The number of amides is 1. The molecular formula is C42H82NO12P. The molecule has 9 N–H and O–H groups in total. The lowest BCUT2D eigenvalue weighted by Gasteiger charge is -2.41. The minimum Gasteiger partial charge on any atom is -0.393 e. The second kappa shape index (κ2) is 32.8. The van der Waals surface area contributed by atoms with E-state index in [2.05, 4.69) is 19.2 Å². The van der Waals surface area contributed by atoms with Crippen LogP contribution in [0.5, 0.6) is 0 Å². The number of aliphatic hydroxyl groups is 7. The zero-order chi connectivity index (χ0) is 41.6. The molecule has 0 aromatic rings. The molecule has 0 aromatic carbocycles. The molecule has 13 nitrogen and oxygen atoms in total. The molecule has 0 aromatic heterocycles. The van der Waals surface area contributed by atoms with Crippen LogP contribution in [0.4, 0.5) is 0 Å². The molecule has 1 fully saturated rings. The van der Waals surface area contributed by atoms with Crippen LogP contribution in [0.1, 0.15) is 187 Å². The van der Waals surface area contributed by atoms with Crippen LogP contribution < -0.4 is 5.32 Å². The van der Waals surface area contributed by atoms with E-state index in [9.17, 15) is 50.0 Å². The lowest BCUT2D eigenvalue weighted by Crippen LogP contribution is -2.64. The third-order valence-electron chi connectivity index (χ3n) is 10.9. The number of hydrogen-bond donors (Lipinski definition) is 9. The fourth-order valence-electron chi connectivity index (χ4n) is 7.18. The summed E-state index contributed by atoms with van der Waals surface area (Å²) >= 11 is 0. The zero-order valence-corrected chi connectivity index (χ0v) is 35.7. The van der Waals surface area contributed by atoms with Gasteiger partial charge in [0, 0.05) is 0 Å². The van der Waals surface area contributed by atoms with Gasteiger partial charge in [-0.15, -0.1) is 0 Å². The van der Waals surface area contributed by atoms with Gasteiger partial charge in [0.25, 0.3) is 0 Å². The van der Waals surface area contributed by atoms with Gasteiger partial charge in [0.2, 0.25) is 5.91 Å². The first-order valence-corrected chi connectivity index (χ1v) is 23.7. The number of allylic oxidation sites excluding steroid dienone is 1. The number of carbonyl (C=O) groups is 1. The number of phosphoric acid groups is 1. The van der Waals surface area contributed by atoms with Gasteiger partial charge < -0.3 is 46.0 Å². The van der Waals surface area contributed by atoms with E-state index >= 15 is 0 Å². The molecule has 0 heterocycles. The van der Waals surface area contributed by atoms with Crippen molar-refractivity contribution in [3.05, 3.63) is 12.2 Å². The van der Waals surface area contributed by atoms with E-state index < -0.39 is 75.2 Å². The minimum absolute atomic E-state index is 0.242. The number of carbonyl (C=O) groups excluding carboxylic acids is 1. The summed E-state index contributed by atoms with van der Waals surface area (Å²) in [6, 6.07) is -1.23. The van der Waals surface area contributed by atoms with Gasteiger partial charge >= 0.3 is 7.82 Å². The Kier molecular flexibility index (Phi) is 31.1. The maximum Gasteiger partial charge on any atom is 0.472 e. The van der Waals surface area contributed by atoms with Gasteiger partial charge in [-0.2, -0.15) is 0 Å². The highest BCUT2D eigenvalue weighted by molar-refractivity contribution is 7.47. The first kappa shape index (κ1) is 53.1. The Morgan fingerprint density at radius 2 is 1.02 bits per heavy atom. The normalized spacial score (nSPS) is 24.2. The molecule has 0 spiro atoms. The topological polar surface area (TPSA) is 226 Å². The molecular weight excluding hydrogens is 741 g/mol. The second-order valence-electron chi connectivity index (χ2n) is 16.1. The van der Waals surface area contributed by atoms with Crippen LogP contribution in [-0.2, 0) is 18.4 Å². The highest BCUT2D eigenvalue weighted by Crippen LogP contribution is 2.47. The average Bonchev–Trinajstić information content (AvgIpc) is 3.17. The molecule has 56 heavy (non-hydrogen) atoms. The summed E-state index contributed by atoms with van der Waals surface area (Å²) in [5.41, 5.74) is 0. The van der Waals surface area contributed by atoms with E-state index in [-0.39, 0.29) is 6.42 Å². The van der Waals surface area contributed by atoms with Crippen LogP contribution in [0.3, 0.4) is 0 Å². The average molecular weight is 824 g/mol. The summed E-state index contributed by atoms with van der Waals surface area (Å²) in [5, 5.41) is 74.2. The number of phosphoric ester groups is 1. The monoisotopic (exact) mass is 824 g/mol. The molecule has 8 atom stereocenters. The van der Waals surface area contributed by atoms with Crippen LogP contribution in [-0.4, -0.2) is 108 Å². The maximum atomic E-state index is 12.9. The predicted molar refractivity (Wildman–Crippen MR) is 220 cm³/mol. The Hall–Kier alpha value is -0.960. The summed E-state index contributed by atoms with van der Waals surface area (Å²) in [6.45, 7) is 3.69. The molecule has 1 saturated carbocycles. The molecule has 14 heteroatoms. The quantitative estimate of drug-likeness (QED) is 0.0184. The number of rotatable bonds is 36. The predicted octanol–water partition coefficient (Wildman–Crippen LogP) is 6.64. The van der Waals surface area contributed by atoms with Crippen molar-refractivity contribution in [3.8, 4) is 0 Å². The highest BCUT2D eigenvalue weighted by atomic mass is 31.2. The Bertz CT molecular complexity index is 1020. The van der Waals surface area contributed by atoms with Crippen molar-refractivity contribution in [2.24, 2.45) is 0 Å². The minimum atomic E-state index is -5.13. The smallest absolute Gasteiger partial charge is 0.393 e. The molecule has 1 aliphatic rings. The molecule has 0 aliphatic heterocycles. The molecule has 0 saturated heterocycles. The Morgan fingerprint density at radius 1 is 0.625 bits per heavy atom. The standard InChI is InChI=1S/C42H82NO12P/c1-3-5-7-9-11-13-14-15-16-17-18-19-20-21-22-24-26-28-30-35(45)34(43-36(46)31-33(44)29-27-25-23-12-10-8-6-4-2)32-54-56(52,53)55-42-40(50)38(48)37(47)39(49)41(42)51/h28,30,33-35,37-42,44-45,47-51H,3-27,29,31-32H2,1-2H3,(H,43,46)(H,52,53)/b30-28+. The van der Waals surface area contributed by atoms with Crippen molar-refractivity contribution in [1.29, 1.82) is 0 Å². The second-order valence-corrected chi connectivity index (χ2v) is 17.5. The molecule has 8 unspecified atom stereocenters. The lowest BCUT2D eigenvalue weighted by molar-refractivity contribution is -0.220. The fourth-order valence-corrected chi connectivity index (χ4v) is 8.15. The fraction of sp³-hybridized carbons (Fsp3) is 0.929. The SMILES string of the molecule is CCCCCCCCCCCCCCCCCC/C=C/C(O)C(COP(=O)(O)OC1C(O)C(O)C(O)C(O)C1O)NC(=O)CC(O)CCCCCCCCCC. The maximum absolute atomic E-state index is 12.9. The molecule has 1 aliphatic carbocycles. The van der Waals surface area contributed by atoms with Gasteiger partial charge in [-0.3, -0.25) is 13.8 Å². The summed E-state index contributed by atoms with van der Waals surface area (Å²) < 4.78 is 22.8. The number of unbranched alkanes of at least 4 members (excludes halogenated alkanes) is 23. The van der Waals surface area contributed by atoms with E-state index in [1.54, 1.807) is 6.08 Å². The Labute approximate surface area is 338 Å². The summed E-state index contributed by atoms with van der Waals surface area (Å²) in [7, 11) is -5.13. The summed E-state index contributed by atoms with van der Waals surface area (Å²) in [5.74, 6) is -0.594. The number of nitrogens with one attached hydrogen (secondary N) is 1. The van der Waals surface area contributed by atoms with Crippen LogP contribution in [0.15, 0.2) is 12.2 Å². The number of hydrogen-bond acceptors (Lipinski definition) is 11. The van der Waals surface area contributed by atoms with Crippen molar-refractivity contribution >= 4 is 13.7 Å². The third kappa shape index (κ3) is 24.8. The van der Waals surface area contributed by atoms with Crippen molar-refractivity contribution in [2.45, 2.75) is 242 Å². The molecule has 0 bridgehead atoms. The van der Waals surface area contributed by atoms with Crippen LogP contribution in [0, 0.1) is 0 Å². The molecule has 0 radical (unpaired) electrons. The van der Waals surface area contributed by atoms with Crippen LogP contribution in [0.25, 0.3) is 0 Å². The third-order valence-corrected chi connectivity index (χ3v) is 11.9. The highest BCUT2D eigenvalue weighted by Gasteiger charge is 2.51. The summed E-state index contributed by atoms with van der Waals surface area (Å²) in [6.07, 6.45) is 19.0. The van der Waals surface area contributed by atoms with Crippen molar-refractivity contribution in [2.75, 3.05) is 6.61 Å². The van der Waals surface area contributed by atoms with E-state index in [4.69, 9.17) is 9.05 Å². The first-order valence-electron chi connectivity index (χ1n) is 22.2. The van der Waals surface area contributed by atoms with E-state index in [1.807, 2.05) is 0 Å². The molecule has 1 rings (SSSR count). The van der Waals surface area contributed by atoms with Crippen LogP contribution >= 0.6 is 7.82 Å². The van der Waals surface area contributed by atoms with Gasteiger partial charge in [-0.25, -0.2) is 4.57 Å².